The first kappa shape index (κ1) is 11.2. The first-order valence-electron chi connectivity index (χ1n) is 4.83. The summed E-state index contributed by atoms with van der Waals surface area (Å²) in [5, 5.41) is 6.43. The molecule has 0 radical (unpaired) electrons. The normalized spacial score (nSPS) is 20.0. The molecule has 1 N–H and O–H groups in total. The van der Waals surface area contributed by atoms with Crippen LogP contribution < -0.4 is 5.32 Å². The van der Waals surface area contributed by atoms with E-state index in [2.05, 4.69) is 15.0 Å². The monoisotopic (exact) mass is 232 g/mol. The maximum atomic E-state index is 12.2. The Balaban J connectivity index is 2.08. The van der Waals surface area contributed by atoms with E-state index in [1.165, 1.54) is 0 Å². The van der Waals surface area contributed by atoms with Crippen molar-refractivity contribution in [3.8, 4) is 0 Å². The predicted molar refractivity (Wildman–Crippen MR) is 51.5 cm³/mol. The van der Waals surface area contributed by atoms with Crippen molar-refractivity contribution in [2.75, 3.05) is 13.1 Å². The lowest BCUT2D eigenvalue weighted by molar-refractivity contribution is -0.155. The van der Waals surface area contributed by atoms with E-state index in [9.17, 15) is 13.2 Å². The van der Waals surface area contributed by atoms with Crippen molar-refractivity contribution >= 4 is 6.08 Å². The van der Waals surface area contributed by atoms with E-state index >= 15 is 0 Å². The van der Waals surface area contributed by atoms with Crippen LogP contribution in [0, 0.1) is 5.41 Å². The molecule has 88 valence electrons. The Morgan fingerprint density at radius 2 is 2.19 bits per heavy atom. The largest absolute Gasteiger partial charge is 0.452 e. The Kier molecular flexibility index (Phi) is 2.53. The Morgan fingerprint density at radius 3 is 2.62 bits per heavy atom. The molecule has 2 heterocycles. The molecule has 1 aliphatic rings. The predicted octanol–water partition coefficient (Wildman–Crippen LogP) is 2.32. The average molecular weight is 232 g/mol. The van der Waals surface area contributed by atoms with Gasteiger partial charge in [0.1, 0.15) is 5.69 Å². The van der Waals surface area contributed by atoms with E-state index in [4.69, 9.17) is 0 Å². The van der Waals surface area contributed by atoms with Gasteiger partial charge in [0.15, 0.2) is 0 Å². The molecule has 1 aliphatic heterocycles. The van der Waals surface area contributed by atoms with Gasteiger partial charge in [-0.15, -0.1) is 0 Å². The van der Waals surface area contributed by atoms with Gasteiger partial charge in [0, 0.05) is 24.6 Å². The van der Waals surface area contributed by atoms with Gasteiger partial charge in [0.05, 0.1) is 0 Å². The van der Waals surface area contributed by atoms with Gasteiger partial charge < -0.3 is 9.84 Å². The first-order chi connectivity index (χ1) is 7.39. The SMILES string of the molecule is CC1(C=Cc2cc(C(F)(F)F)on2)CNC1. The smallest absolute Gasteiger partial charge is 0.351 e. The molecule has 0 atom stereocenters. The summed E-state index contributed by atoms with van der Waals surface area (Å²) in [6.07, 6.45) is -1.07. The van der Waals surface area contributed by atoms with Crippen LogP contribution in [0.4, 0.5) is 13.2 Å². The molecule has 1 fully saturated rings. The van der Waals surface area contributed by atoms with Crippen LogP contribution in [0.5, 0.6) is 0 Å². The fourth-order valence-corrected chi connectivity index (χ4v) is 1.42. The lowest BCUT2D eigenvalue weighted by atomic mass is 9.84. The van der Waals surface area contributed by atoms with Crippen LogP contribution in [0.25, 0.3) is 6.08 Å². The second kappa shape index (κ2) is 3.62. The minimum Gasteiger partial charge on any atom is -0.351 e. The van der Waals surface area contributed by atoms with Crippen molar-refractivity contribution in [1.82, 2.24) is 10.5 Å². The molecule has 0 amide bonds. The van der Waals surface area contributed by atoms with Gasteiger partial charge in [0.2, 0.25) is 5.76 Å². The van der Waals surface area contributed by atoms with Gasteiger partial charge in [-0.25, -0.2) is 0 Å². The van der Waals surface area contributed by atoms with Crippen LogP contribution in [0.2, 0.25) is 0 Å². The number of halogens is 3. The second-order valence-corrected chi connectivity index (χ2v) is 4.20. The molecular formula is C10H11F3N2O. The van der Waals surface area contributed by atoms with Crippen LogP contribution in [0.3, 0.4) is 0 Å². The van der Waals surface area contributed by atoms with E-state index in [1.807, 2.05) is 13.0 Å². The van der Waals surface area contributed by atoms with E-state index in [0.29, 0.717) is 0 Å². The molecule has 0 spiro atoms. The summed E-state index contributed by atoms with van der Waals surface area (Å²) in [4.78, 5) is 0. The van der Waals surface area contributed by atoms with E-state index in [1.54, 1.807) is 6.08 Å². The Bertz CT molecular complexity index is 404. The molecule has 3 nitrogen and oxygen atoms in total. The lowest BCUT2D eigenvalue weighted by Gasteiger charge is -2.36. The molecular weight excluding hydrogens is 221 g/mol. The van der Waals surface area contributed by atoms with E-state index < -0.39 is 11.9 Å². The standard InChI is InChI=1S/C10H11F3N2O/c1-9(5-14-6-9)3-2-7-4-8(16-15-7)10(11,12)13/h2-4,14H,5-6H2,1H3. The third kappa shape index (κ3) is 2.27. The van der Waals surface area contributed by atoms with Gasteiger partial charge >= 0.3 is 6.18 Å². The van der Waals surface area contributed by atoms with Crippen LogP contribution >= 0.6 is 0 Å². The quantitative estimate of drug-likeness (QED) is 0.850. The van der Waals surface area contributed by atoms with E-state index in [-0.39, 0.29) is 11.1 Å². The molecule has 16 heavy (non-hydrogen) atoms. The molecule has 0 saturated carbocycles. The van der Waals surface area contributed by atoms with E-state index in [0.717, 1.165) is 19.2 Å². The van der Waals surface area contributed by atoms with Gasteiger partial charge in [-0.2, -0.15) is 13.2 Å². The zero-order valence-corrected chi connectivity index (χ0v) is 8.64. The van der Waals surface area contributed by atoms with Gasteiger partial charge in [0.25, 0.3) is 0 Å². The highest BCUT2D eigenvalue weighted by Crippen LogP contribution is 2.30. The number of hydrogen-bond donors (Lipinski definition) is 1. The number of hydrogen-bond acceptors (Lipinski definition) is 3. The molecule has 1 aromatic rings. The molecule has 1 saturated heterocycles. The summed E-state index contributed by atoms with van der Waals surface area (Å²) >= 11 is 0. The minimum atomic E-state index is -4.47. The number of nitrogens with zero attached hydrogens (tertiary/aromatic N) is 1. The second-order valence-electron chi connectivity index (χ2n) is 4.20. The summed E-state index contributed by atoms with van der Waals surface area (Å²) in [7, 11) is 0. The first-order valence-corrected chi connectivity index (χ1v) is 4.83. The molecule has 0 unspecified atom stereocenters. The van der Waals surface area contributed by atoms with Crippen molar-refractivity contribution in [3.05, 3.63) is 23.6 Å². The molecule has 2 rings (SSSR count). The maximum absolute atomic E-state index is 12.2. The van der Waals surface area contributed by atoms with Gasteiger partial charge in [-0.3, -0.25) is 0 Å². The summed E-state index contributed by atoms with van der Waals surface area (Å²) < 4.78 is 40.8. The van der Waals surface area contributed by atoms with Crippen molar-refractivity contribution in [3.63, 3.8) is 0 Å². The fourth-order valence-electron chi connectivity index (χ4n) is 1.42. The third-order valence-corrected chi connectivity index (χ3v) is 2.52. The topological polar surface area (TPSA) is 38.1 Å². The van der Waals surface area contributed by atoms with Crippen molar-refractivity contribution < 1.29 is 17.7 Å². The number of aromatic nitrogens is 1. The maximum Gasteiger partial charge on any atom is 0.452 e. The molecule has 0 aliphatic carbocycles. The van der Waals surface area contributed by atoms with Crippen LogP contribution in [0.15, 0.2) is 16.7 Å². The number of nitrogens with one attached hydrogen (secondary N) is 1. The zero-order chi connectivity index (χ0) is 11.8. The zero-order valence-electron chi connectivity index (χ0n) is 8.64. The highest BCUT2D eigenvalue weighted by molar-refractivity contribution is 5.46. The van der Waals surface area contributed by atoms with Gasteiger partial charge in [-0.1, -0.05) is 18.2 Å². The Labute approximate surface area is 90.3 Å². The summed E-state index contributed by atoms with van der Waals surface area (Å²) in [6.45, 7) is 3.67. The van der Waals surface area contributed by atoms with Crippen LogP contribution in [0.1, 0.15) is 18.4 Å². The van der Waals surface area contributed by atoms with Crippen molar-refractivity contribution in [2.45, 2.75) is 13.1 Å². The number of alkyl halides is 3. The van der Waals surface area contributed by atoms with Crippen LogP contribution in [-0.4, -0.2) is 18.2 Å². The third-order valence-electron chi connectivity index (χ3n) is 2.52. The molecule has 0 bridgehead atoms. The van der Waals surface area contributed by atoms with Crippen LogP contribution in [-0.2, 0) is 6.18 Å². The van der Waals surface area contributed by atoms with Crippen molar-refractivity contribution in [2.24, 2.45) is 5.41 Å². The highest BCUT2D eigenvalue weighted by Gasteiger charge is 2.36. The molecule has 6 heteroatoms. The summed E-state index contributed by atoms with van der Waals surface area (Å²) in [5.74, 6) is -1.07. The van der Waals surface area contributed by atoms with Crippen molar-refractivity contribution in [1.29, 1.82) is 0 Å². The highest BCUT2D eigenvalue weighted by atomic mass is 19.4. The Morgan fingerprint density at radius 1 is 1.50 bits per heavy atom. The average Bonchev–Trinajstić information content (AvgIpc) is 2.59. The summed E-state index contributed by atoms with van der Waals surface area (Å²) in [6, 6.07) is 0.895. The lowest BCUT2D eigenvalue weighted by Crippen LogP contribution is -2.49. The fraction of sp³-hybridized carbons (Fsp3) is 0.500. The summed E-state index contributed by atoms with van der Waals surface area (Å²) in [5.41, 5.74) is 0.206. The molecule has 1 aromatic heterocycles. The minimum absolute atomic E-state index is 0.0113. The van der Waals surface area contributed by atoms with Gasteiger partial charge in [-0.05, 0) is 6.08 Å². The number of rotatable bonds is 2. The molecule has 0 aromatic carbocycles. The Hall–Kier alpha value is -1.30.